The van der Waals surface area contributed by atoms with Crippen LogP contribution >= 0.6 is 11.3 Å². The lowest BCUT2D eigenvalue weighted by molar-refractivity contribution is 0.647. The van der Waals surface area contributed by atoms with Crippen LogP contribution in [0.25, 0.3) is 64.1 Å². The minimum absolute atomic E-state index is 0.130. The van der Waals surface area contributed by atoms with Crippen LogP contribution in [0.5, 0.6) is 0 Å². The van der Waals surface area contributed by atoms with E-state index in [9.17, 15) is 0 Å². The molecule has 0 aliphatic rings. The zero-order valence-corrected chi connectivity index (χ0v) is 19.7. The quantitative estimate of drug-likeness (QED) is 0.263. The van der Waals surface area contributed by atoms with Crippen molar-refractivity contribution in [3.8, 4) is 11.3 Å². The van der Waals surface area contributed by atoms with Gasteiger partial charge in [-0.3, -0.25) is 4.98 Å². The number of nitrogens with zero attached hydrogens (tertiary/aromatic N) is 1. The third kappa shape index (κ3) is 2.90. The summed E-state index contributed by atoms with van der Waals surface area (Å²) in [4.78, 5) is 4.66. The van der Waals surface area contributed by atoms with Gasteiger partial charge in [0.25, 0.3) is 0 Å². The maximum absolute atomic E-state index is 8.56. The highest BCUT2D eigenvalue weighted by atomic mass is 32.1. The van der Waals surface area contributed by atoms with Crippen molar-refractivity contribution in [2.45, 2.75) is 20.2 Å². The van der Waals surface area contributed by atoms with Gasteiger partial charge in [-0.1, -0.05) is 62.4 Å². The van der Waals surface area contributed by atoms with Gasteiger partial charge in [-0.25, -0.2) is 0 Å². The average molecular weight is 460 g/mol. The number of pyridine rings is 1. The Balaban J connectivity index is 1.49. The van der Waals surface area contributed by atoms with Crippen LogP contribution in [0.4, 0.5) is 0 Å². The van der Waals surface area contributed by atoms with E-state index in [0.717, 1.165) is 38.6 Å². The SMILES string of the molecule is [2H]C([2H])(c1ccnc(-c2cccc3c2sc2c3ccc3c2ccc2c4ccccc4oc23)c1)C(C)C. The van der Waals surface area contributed by atoms with Crippen molar-refractivity contribution < 1.29 is 7.16 Å². The molecule has 0 spiro atoms. The highest BCUT2D eigenvalue weighted by Crippen LogP contribution is 2.44. The molecule has 0 N–H and O–H groups in total. The number of fused-ring (bicyclic) bond motifs is 9. The summed E-state index contributed by atoms with van der Waals surface area (Å²) in [6.45, 7) is 3.83. The predicted octanol–water partition coefficient (Wildman–Crippen LogP) is 9.37. The standard InChI is InChI=1S/C31H23NOS/c1-18(2)16-19-14-15-32-27(17-19)26-8-5-7-23-25-13-11-22-24(30(25)34-31(23)26)12-10-21-20-6-3-4-9-28(20)33-29(21)22/h3-15,17-18H,16H2,1-2H3/i16D2. The number of furan rings is 1. The van der Waals surface area contributed by atoms with Crippen LogP contribution in [0, 0.1) is 5.92 Å². The second-order valence-corrected chi connectivity index (χ2v) is 10.1. The molecule has 0 saturated carbocycles. The Hall–Kier alpha value is -3.69. The second-order valence-electron chi connectivity index (χ2n) is 9.09. The monoisotopic (exact) mass is 459 g/mol. The van der Waals surface area contributed by atoms with Gasteiger partial charge in [0.1, 0.15) is 11.2 Å². The Kier molecular flexibility index (Phi) is 3.87. The predicted molar refractivity (Wildman–Crippen MR) is 146 cm³/mol. The molecule has 3 heteroatoms. The van der Waals surface area contributed by atoms with Gasteiger partial charge in [-0.15, -0.1) is 11.3 Å². The van der Waals surface area contributed by atoms with Crippen molar-refractivity contribution in [3.05, 3.63) is 90.6 Å². The van der Waals surface area contributed by atoms with E-state index >= 15 is 0 Å². The largest absolute Gasteiger partial charge is 0.455 e. The molecule has 0 fully saturated rings. The van der Waals surface area contributed by atoms with Gasteiger partial charge < -0.3 is 4.42 Å². The van der Waals surface area contributed by atoms with Crippen molar-refractivity contribution >= 4 is 64.2 Å². The summed E-state index contributed by atoms with van der Waals surface area (Å²) in [7, 11) is 0. The van der Waals surface area contributed by atoms with E-state index in [2.05, 4.69) is 53.5 Å². The maximum atomic E-state index is 8.56. The van der Waals surface area contributed by atoms with Crippen LogP contribution in [-0.4, -0.2) is 4.98 Å². The van der Waals surface area contributed by atoms with Gasteiger partial charge in [0, 0.05) is 56.2 Å². The molecule has 34 heavy (non-hydrogen) atoms. The summed E-state index contributed by atoms with van der Waals surface area (Å²) in [5.41, 5.74) is 4.34. The topological polar surface area (TPSA) is 26.0 Å². The van der Waals surface area contributed by atoms with Crippen LogP contribution in [0.15, 0.2) is 89.5 Å². The van der Waals surface area contributed by atoms with E-state index in [-0.39, 0.29) is 5.92 Å². The Morgan fingerprint density at radius 1 is 0.794 bits per heavy atom. The molecule has 164 valence electrons. The van der Waals surface area contributed by atoms with E-state index < -0.39 is 6.37 Å². The van der Waals surface area contributed by atoms with Gasteiger partial charge in [-0.2, -0.15) is 0 Å². The zero-order chi connectivity index (χ0) is 24.6. The van der Waals surface area contributed by atoms with Crippen LogP contribution in [0.2, 0.25) is 0 Å². The van der Waals surface area contributed by atoms with E-state index in [1.807, 2.05) is 38.1 Å². The van der Waals surface area contributed by atoms with E-state index in [0.29, 0.717) is 5.56 Å². The molecule has 0 radical (unpaired) electrons. The number of hydrogen-bond acceptors (Lipinski definition) is 3. The highest BCUT2D eigenvalue weighted by molar-refractivity contribution is 7.27. The second kappa shape index (κ2) is 7.41. The normalized spacial score (nSPS) is 13.5. The molecule has 0 unspecified atom stereocenters. The van der Waals surface area contributed by atoms with Crippen molar-refractivity contribution in [2.24, 2.45) is 5.92 Å². The summed E-state index contributed by atoms with van der Waals surface area (Å²) >= 11 is 1.77. The molecule has 0 bridgehead atoms. The maximum Gasteiger partial charge on any atom is 0.143 e. The molecule has 3 aromatic heterocycles. The van der Waals surface area contributed by atoms with Crippen molar-refractivity contribution in [2.75, 3.05) is 0 Å². The first kappa shape index (κ1) is 17.7. The smallest absolute Gasteiger partial charge is 0.143 e. The van der Waals surface area contributed by atoms with Gasteiger partial charge >= 0.3 is 0 Å². The third-order valence-electron chi connectivity index (χ3n) is 6.49. The third-order valence-corrected chi connectivity index (χ3v) is 7.78. The molecule has 0 saturated heterocycles. The fourth-order valence-corrected chi connectivity index (χ4v) is 6.40. The van der Waals surface area contributed by atoms with Crippen LogP contribution in [-0.2, 0) is 6.37 Å². The minimum atomic E-state index is -1.42. The molecular formula is C31H23NOS. The van der Waals surface area contributed by atoms with Gasteiger partial charge in [0.15, 0.2) is 0 Å². The Morgan fingerprint density at radius 3 is 2.35 bits per heavy atom. The summed E-state index contributed by atoms with van der Waals surface area (Å²) in [5, 5.41) is 6.99. The van der Waals surface area contributed by atoms with Crippen LogP contribution < -0.4 is 0 Å². The first-order chi connectivity index (χ1) is 17.4. The number of thiophene rings is 1. The van der Waals surface area contributed by atoms with Gasteiger partial charge in [-0.05, 0) is 48.2 Å². The van der Waals surface area contributed by atoms with Gasteiger partial charge in [0.2, 0.25) is 0 Å². The number of hydrogen-bond donors (Lipinski definition) is 0. The molecule has 0 aliphatic carbocycles. The molecular weight excluding hydrogens is 434 g/mol. The lowest BCUT2D eigenvalue weighted by atomic mass is 10.00. The summed E-state index contributed by atoms with van der Waals surface area (Å²) < 4.78 is 25.8. The number of benzene rings is 4. The molecule has 0 amide bonds. The number of para-hydroxylation sites is 1. The van der Waals surface area contributed by atoms with E-state index in [4.69, 9.17) is 7.16 Å². The molecule has 7 rings (SSSR count). The lowest BCUT2D eigenvalue weighted by Crippen LogP contribution is -1.95. The summed E-state index contributed by atoms with van der Waals surface area (Å²) in [6, 6.07) is 27.0. The van der Waals surface area contributed by atoms with E-state index in [1.54, 1.807) is 23.6 Å². The van der Waals surface area contributed by atoms with Crippen molar-refractivity contribution in [1.82, 2.24) is 4.98 Å². The molecule has 0 atom stereocenters. The Labute approximate surface area is 204 Å². The van der Waals surface area contributed by atoms with Crippen molar-refractivity contribution in [1.29, 1.82) is 0 Å². The van der Waals surface area contributed by atoms with E-state index in [1.165, 1.54) is 25.6 Å². The molecule has 2 nitrogen and oxygen atoms in total. The highest BCUT2D eigenvalue weighted by Gasteiger charge is 2.16. The Bertz CT molecular complexity index is 1960. The summed E-state index contributed by atoms with van der Waals surface area (Å²) in [6.07, 6.45) is 0.310. The fourth-order valence-electron chi connectivity index (χ4n) is 5.05. The fraction of sp³-hybridized carbons (Fsp3) is 0.129. The molecule has 4 aromatic carbocycles. The molecule has 0 aliphatic heterocycles. The average Bonchev–Trinajstić information content (AvgIpc) is 3.47. The lowest BCUT2D eigenvalue weighted by Gasteiger charge is -2.08. The first-order valence-electron chi connectivity index (χ1n) is 12.6. The zero-order valence-electron chi connectivity index (χ0n) is 20.9. The Morgan fingerprint density at radius 2 is 1.50 bits per heavy atom. The first-order valence-corrected chi connectivity index (χ1v) is 12.4. The van der Waals surface area contributed by atoms with Gasteiger partial charge in [0.05, 0.1) is 5.69 Å². The molecule has 7 aromatic rings. The minimum Gasteiger partial charge on any atom is -0.455 e. The van der Waals surface area contributed by atoms with Crippen LogP contribution in [0.3, 0.4) is 0 Å². The van der Waals surface area contributed by atoms with Crippen LogP contribution in [0.1, 0.15) is 22.2 Å². The molecule has 3 heterocycles. The summed E-state index contributed by atoms with van der Waals surface area (Å²) in [5.74, 6) is -0.130. The number of rotatable bonds is 3. The number of aromatic nitrogens is 1. The van der Waals surface area contributed by atoms with Crippen molar-refractivity contribution in [3.63, 3.8) is 0 Å².